The minimum absolute atomic E-state index is 0.447. The van der Waals surface area contributed by atoms with E-state index in [1.54, 1.807) is 4.90 Å². The van der Waals surface area contributed by atoms with E-state index >= 15 is 0 Å². The minimum atomic E-state index is -0.543. The van der Waals surface area contributed by atoms with Crippen molar-refractivity contribution in [2.75, 3.05) is 13.1 Å². The molecule has 0 atom stereocenters. The van der Waals surface area contributed by atoms with Gasteiger partial charge in [0.25, 0.3) is 0 Å². The summed E-state index contributed by atoms with van der Waals surface area (Å²) in [7, 11) is 0. The molecule has 0 aliphatic rings. The largest absolute Gasteiger partial charge is 0.347 e. The molecule has 0 saturated carbocycles. The van der Waals surface area contributed by atoms with Crippen LogP contribution >= 0.6 is 0 Å². The number of nitrogens with zero attached hydrogens (tertiary/aromatic N) is 1. The van der Waals surface area contributed by atoms with Gasteiger partial charge in [0, 0.05) is 19.6 Å². The second-order valence-corrected chi connectivity index (χ2v) is 5.30. The van der Waals surface area contributed by atoms with Gasteiger partial charge in [-0.1, -0.05) is 60.7 Å². The molecule has 0 aromatic heterocycles. The Morgan fingerprint density at radius 1 is 0.913 bits per heavy atom. The van der Waals surface area contributed by atoms with Crippen LogP contribution in [0, 0.1) is 0 Å². The van der Waals surface area contributed by atoms with Crippen molar-refractivity contribution in [2.45, 2.75) is 19.9 Å². The van der Waals surface area contributed by atoms with E-state index in [0.29, 0.717) is 26.1 Å². The number of rotatable bonds is 6. The second kappa shape index (κ2) is 8.73. The van der Waals surface area contributed by atoms with Crippen LogP contribution in [0.4, 0.5) is 0 Å². The lowest BCUT2D eigenvalue weighted by Crippen LogP contribution is -2.43. The second-order valence-electron chi connectivity index (χ2n) is 5.30. The van der Waals surface area contributed by atoms with Crippen LogP contribution in [-0.2, 0) is 22.6 Å². The summed E-state index contributed by atoms with van der Waals surface area (Å²) in [6, 6.07) is 19.5. The van der Waals surface area contributed by atoms with Gasteiger partial charge in [0.15, 0.2) is 0 Å². The first-order valence-electron chi connectivity index (χ1n) is 7.85. The third kappa shape index (κ3) is 5.25. The third-order valence-corrected chi connectivity index (χ3v) is 3.62. The van der Waals surface area contributed by atoms with Crippen molar-refractivity contribution < 1.29 is 9.59 Å². The Morgan fingerprint density at radius 2 is 1.48 bits per heavy atom. The van der Waals surface area contributed by atoms with Crippen molar-refractivity contribution in [3.63, 3.8) is 0 Å². The fourth-order valence-electron chi connectivity index (χ4n) is 2.32. The van der Waals surface area contributed by atoms with Crippen LogP contribution in [0.3, 0.4) is 0 Å². The zero-order chi connectivity index (χ0) is 16.5. The smallest absolute Gasteiger partial charge is 0.312 e. The molecule has 1 N–H and O–H groups in total. The molecule has 4 heteroatoms. The van der Waals surface area contributed by atoms with Gasteiger partial charge in [0.1, 0.15) is 0 Å². The van der Waals surface area contributed by atoms with Crippen molar-refractivity contribution in [3.05, 3.63) is 71.8 Å². The van der Waals surface area contributed by atoms with Crippen LogP contribution in [0.1, 0.15) is 18.1 Å². The summed E-state index contributed by atoms with van der Waals surface area (Å²) in [5, 5.41) is 2.70. The average molecular weight is 310 g/mol. The lowest BCUT2D eigenvalue weighted by molar-refractivity contribution is -0.146. The summed E-state index contributed by atoms with van der Waals surface area (Å²) in [4.78, 5) is 25.8. The number of likely N-dealkylation sites (N-methyl/N-ethyl adjacent to an activating group) is 1. The maximum Gasteiger partial charge on any atom is 0.312 e. The molecule has 23 heavy (non-hydrogen) atoms. The van der Waals surface area contributed by atoms with Crippen LogP contribution in [0.2, 0.25) is 0 Å². The standard InChI is InChI=1S/C19H22N2O2/c1-2-21(15-17-11-7-4-8-12-17)19(23)18(22)20-14-13-16-9-5-3-6-10-16/h3-12H,2,13-15H2,1H3,(H,20,22). The summed E-state index contributed by atoms with van der Waals surface area (Å²) in [6.45, 7) is 3.28. The van der Waals surface area contributed by atoms with E-state index in [1.165, 1.54) is 0 Å². The molecule has 0 heterocycles. The van der Waals surface area contributed by atoms with Crippen molar-refractivity contribution in [3.8, 4) is 0 Å². The molecule has 120 valence electrons. The lowest BCUT2D eigenvalue weighted by Gasteiger charge is -2.20. The van der Waals surface area contributed by atoms with Crippen LogP contribution in [0.5, 0.6) is 0 Å². The fourth-order valence-corrected chi connectivity index (χ4v) is 2.32. The molecular weight excluding hydrogens is 288 g/mol. The monoisotopic (exact) mass is 310 g/mol. The third-order valence-electron chi connectivity index (χ3n) is 3.62. The molecule has 0 unspecified atom stereocenters. The normalized spacial score (nSPS) is 10.1. The molecule has 0 saturated heterocycles. The lowest BCUT2D eigenvalue weighted by atomic mass is 10.1. The Hall–Kier alpha value is -2.62. The minimum Gasteiger partial charge on any atom is -0.347 e. The molecule has 0 aliphatic carbocycles. The van der Waals surface area contributed by atoms with Crippen molar-refractivity contribution >= 4 is 11.8 Å². The summed E-state index contributed by atoms with van der Waals surface area (Å²) >= 11 is 0. The maximum atomic E-state index is 12.2. The summed E-state index contributed by atoms with van der Waals surface area (Å²) in [6.07, 6.45) is 0.713. The van der Waals surface area contributed by atoms with Gasteiger partial charge in [-0.05, 0) is 24.5 Å². The quantitative estimate of drug-likeness (QED) is 0.833. The van der Waals surface area contributed by atoms with Gasteiger partial charge in [0.2, 0.25) is 0 Å². The number of carbonyl (C=O) groups is 2. The van der Waals surface area contributed by atoms with Gasteiger partial charge in [-0.2, -0.15) is 0 Å². The summed E-state index contributed by atoms with van der Waals surface area (Å²) < 4.78 is 0. The number of carbonyl (C=O) groups excluding carboxylic acids is 2. The Labute approximate surface area is 137 Å². The molecular formula is C19H22N2O2. The van der Waals surface area contributed by atoms with Crippen LogP contribution in [-0.4, -0.2) is 29.8 Å². The first-order valence-corrected chi connectivity index (χ1v) is 7.85. The van der Waals surface area contributed by atoms with Gasteiger partial charge in [-0.15, -0.1) is 0 Å². The molecule has 0 spiro atoms. The number of benzene rings is 2. The van der Waals surface area contributed by atoms with E-state index < -0.39 is 11.8 Å². The SMILES string of the molecule is CCN(Cc1ccccc1)C(=O)C(=O)NCCc1ccccc1. The highest BCUT2D eigenvalue weighted by molar-refractivity contribution is 6.34. The zero-order valence-electron chi connectivity index (χ0n) is 13.4. The van der Waals surface area contributed by atoms with E-state index in [0.717, 1.165) is 11.1 Å². The fraction of sp³-hybridized carbons (Fsp3) is 0.263. The highest BCUT2D eigenvalue weighted by atomic mass is 16.2. The number of hydrogen-bond donors (Lipinski definition) is 1. The Kier molecular flexibility index (Phi) is 6.36. The Bertz CT molecular complexity index is 626. The molecule has 2 aromatic carbocycles. The molecule has 2 rings (SSSR count). The van der Waals surface area contributed by atoms with Gasteiger partial charge in [-0.25, -0.2) is 0 Å². The van der Waals surface area contributed by atoms with Gasteiger partial charge in [-0.3, -0.25) is 9.59 Å². The molecule has 2 amide bonds. The molecule has 0 fully saturated rings. The molecule has 4 nitrogen and oxygen atoms in total. The Balaban J connectivity index is 1.83. The number of amides is 2. The van der Waals surface area contributed by atoms with E-state index in [4.69, 9.17) is 0 Å². The van der Waals surface area contributed by atoms with Crippen LogP contribution < -0.4 is 5.32 Å². The van der Waals surface area contributed by atoms with Crippen LogP contribution in [0.15, 0.2) is 60.7 Å². The predicted octanol–water partition coefficient (Wildman–Crippen LogP) is 2.39. The Morgan fingerprint density at radius 3 is 2.04 bits per heavy atom. The van der Waals surface area contributed by atoms with Gasteiger partial charge < -0.3 is 10.2 Å². The summed E-state index contributed by atoms with van der Waals surface area (Å²) in [5.74, 6) is -1.02. The number of hydrogen-bond acceptors (Lipinski definition) is 2. The molecule has 0 bridgehead atoms. The van der Waals surface area contributed by atoms with E-state index in [9.17, 15) is 9.59 Å². The average Bonchev–Trinajstić information content (AvgIpc) is 2.60. The summed E-state index contributed by atoms with van der Waals surface area (Å²) in [5.41, 5.74) is 2.15. The highest BCUT2D eigenvalue weighted by Crippen LogP contribution is 2.04. The van der Waals surface area contributed by atoms with E-state index in [-0.39, 0.29) is 0 Å². The van der Waals surface area contributed by atoms with Crippen molar-refractivity contribution in [1.29, 1.82) is 0 Å². The maximum absolute atomic E-state index is 12.2. The number of nitrogens with one attached hydrogen (secondary N) is 1. The highest BCUT2D eigenvalue weighted by Gasteiger charge is 2.20. The first-order chi connectivity index (χ1) is 11.2. The molecule has 2 aromatic rings. The zero-order valence-corrected chi connectivity index (χ0v) is 13.4. The van der Waals surface area contributed by atoms with Gasteiger partial charge >= 0.3 is 11.8 Å². The van der Waals surface area contributed by atoms with Gasteiger partial charge in [0.05, 0.1) is 0 Å². The molecule has 0 radical (unpaired) electrons. The topological polar surface area (TPSA) is 49.4 Å². The predicted molar refractivity (Wildman–Crippen MR) is 90.7 cm³/mol. The van der Waals surface area contributed by atoms with Crippen molar-refractivity contribution in [1.82, 2.24) is 10.2 Å². The van der Waals surface area contributed by atoms with Crippen LogP contribution in [0.25, 0.3) is 0 Å². The van der Waals surface area contributed by atoms with E-state index in [1.807, 2.05) is 67.6 Å². The van der Waals surface area contributed by atoms with Crippen molar-refractivity contribution in [2.24, 2.45) is 0 Å². The molecule has 0 aliphatic heterocycles. The van der Waals surface area contributed by atoms with E-state index in [2.05, 4.69) is 5.32 Å². The first kappa shape index (κ1) is 16.7.